The van der Waals surface area contributed by atoms with Crippen molar-refractivity contribution in [1.82, 2.24) is 0 Å². The molecule has 0 aromatic carbocycles. The van der Waals surface area contributed by atoms with Gasteiger partial charge in [-0.05, 0) is 0 Å². The zero-order valence-corrected chi connectivity index (χ0v) is 16.9. The van der Waals surface area contributed by atoms with E-state index in [2.05, 4.69) is 21.8 Å². The Morgan fingerprint density at radius 1 is 1.39 bits per heavy atom. The van der Waals surface area contributed by atoms with Gasteiger partial charge in [-0.1, -0.05) is 0 Å². The van der Waals surface area contributed by atoms with E-state index in [1.807, 2.05) is 23.5 Å². The summed E-state index contributed by atoms with van der Waals surface area (Å²) in [7, 11) is 0. The number of rotatable bonds is 6. The standard InChI is InChI=1S/C11H16O2S2Se3/c1-14-9-10(18-11(16)17-9)15-7-6-13-8-4-2-3-5-12-8/h8H,2-7H2,1H3. The average molecular weight is 481 g/mol. The molecule has 1 unspecified atom stereocenters. The van der Waals surface area contributed by atoms with E-state index in [-0.39, 0.29) is 6.29 Å². The van der Waals surface area contributed by atoms with E-state index >= 15 is 0 Å². The second-order valence-corrected chi connectivity index (χ2v) is 15.9. The van der Waals surface area contributed by atoms with Crippen molar-refractivity contribution in [1.29, 1.82) is 0 Å². The monoisotopic (exact) mass is 484 g/mol. The Kier molecular flexibility index (Phi) is 8.03. The van der Waals surface area contributed by atoms with E-state index < -0.39 is 0 Å². The maximum atomic E-state index is 5.76. The van der Waals surface area contributed by atoms with Crippen LogP contribution in [-0.4, -0.2) is 76.1 Å². The van der Waals surface area contributed by atoms with E-state index in [0.717, 1.165) is 25.4 Å². The molecule has 1 aromatic heterocycles. The van der Waals surface area contributed by atoms with Crippen molar-refractivity contribution in [3.05, 3.63) is 1.81 Å². The molecular weight excluding hydrogens is 465 g/mol. The van der Waals surface area contributed by atoms with Crippen LogP contribution in [0.5, 0.6) is 0 Å². The molecule has 7 heteroatoms. The van der Waals surface area contributed by atoms with E-state index in [4.69, 9.17) is 9.47 Å². The zero-order valence-electron chi connectivity index (χ0n) is 10.2. The third kappa shape index (κ3) is 5.29. The van der Waals surface area contributed by atoms with Crippen LogP contribution in [0.2, 0.25) is 0 Å². The van der Waals surface area contributed by atoms with Gasteiger partial charge in [0.1, 0.15) is 0 Å². The zero-order chi connectivity index (χ0) is 12.8. The van der Waals surface area contributed by atoms with E-state index in [9.17, 15) is 0 Å². The Balaban J connectivity index is 1.69. The van der Waals surface area contributed by atoms with Crippen LogP contribution in [0.3, 0.4) is 0 Å². The Labute approximate surface area is 136 Å². The van der Waals surface area contributed by atoms with Gasteiger partial charge in [0, 0.05) is 0 Å². The molecule has 18 heavy (non-hydrogen) atoms. The van der Waals surface area contributed by atoms with Crippen molar-refractivity contribution in [2.24, 2.45) is 0 Å². The molecule has 2 nitrogen and oxygen atoms in total. The van der Waals surface area contributed by atoms with Gasteiger partial charge in [-0.2, -0.15) is 0 Å². The maximum absolute atomic E-state index is 5.76. The summed E-state index contributed by atoms with van der Waals surface area (Å²) in [5.41, 5.74) is 0. The van der Waals surface area contributed by atoms with Crippen LogP contribution in [0.15, 0.2) is 7.54 Å². The average Bonchev–Trinajstić information content (AvgIpc) is 2.76. The van der Waals surface area contributed by atoms with Crippen molar-refractivity contribution in [2.45, 2.75) is 33.1 Å². The van der Waals surface area contributed by atoms with Crippen LogP contribution < -0.4 is 0 Å². The first-order chi connectivity index (χ1) is 8.79. The van der Waals surface area contributed by atoms with Crippen molar-refractivity contribution < 1.29 is 9.47 Å². The minimum absolute atomic E-state index is 0.0632. The third-order valence-corrected chi connectivity index (χ3v) is 13.9. The van der Waals surface area contributed by atoms with Gasteiger partial charge in [-0.15, -0.1) is 0 Å². The second-order valence-electron chi connectivity index (χ2n) is 3.75. The molecule has 1 fully saturated rings. The van der Waals surface area contributed by atoms with Crippen molar-refractivity contribution >= 4 is 68.1 Å². The topological polar surface area (TPSA) is 18.5 Å². The molecule has 0 N–H and O–H groups in total. The predicted octanol–water partition coefficient (Wildman–Crippen LogP) is 1.86. The Morgan fingerprint density at radius 3 is 2.94 bits per heavy atom. The van der Waals surface area contributed by atoms with Gasteiger partial charge in [-0.3, -0.25) is 0 Å². The summed E-state index contributed by atoms with van der Waals surface area (Å²) in [6.45, 7) is 1.68. The van der Waals surface area contributed by atoms with E-state index in [1.165, 1.54) is 12.8 Å². The molecule has 1 saturated heterocycles. The number of thioether (sulfide) groups is 2. The quantitative estimate of drug-likeness (QED) is 0.351. The van der Waals surface area contributed by atoms with Crippen LogP contribution in [0, 0.1) is 1.81 Å². The van der Waals surface area contributed by atoms with E-state index in [0.29, 0.717) is 29.0 Å². The van der Waals surface area contributed by atoms with Gasteiger partial charge in [0.05, 0.1) is 0 Å². The van der Waals surface area contributed by atoms with E-state index in [1.54, 1.807) is 9.35 Å². The summed E-state index contributed by atoms with van der Waals surface area (Å²) in [6.07, 6.45) is 5.76. The summed E-state index contributed by atoms with van der Waals surface area (Å²) < 4.78 is 16.2. The first kappa shape index (κ1) is 16.2. The number of hydrogen-bond donors (Lipinski definition) is 0. The molecule has 1 atom stereocenters. The summed E-state index contributed by atoms with van der Waals surface area (Å²) in [5, 5.41) is 0. The van der Waals surface area contributed by atoms with Gasteiger partial charge >= 0.3 is 138 Å². The minimum atomic E-state index is 0.0632. The Morgan fingerprint density at radius 2 is 2.22 bits per heavy atom. The van der Waals surface area contributed by atoms with Crippen LogP contribution in [0.1, 0.15) is 19.3 Å². The van der Waals surface area contributed by atoms with Crippen LogP contribution in [-0.2, 0) is 9.47 Å². The molecule has 0 bridgehead atoms. The Bertz CT molecular complexity index is 413. The van der Waals surface area contributed by atoms with Gasteiger partial charge in [0.25, 0.3) is 0 Å². The van der Waals surface area contributed by atoms with Gasteiger partial charge in [0.15, 0.2) is 0 Å². The first-order valence-electron chi connectivity index (χ1n) is 5.83. The van der Waals surface area contributed by atoms with Gasteiger partial charge in [0.2, 0.25) is 0 Å². The summed E-state index contributed by atoms with van der Waals surface area (Å²) in [6, 6.07) is 0. The number of hydrogen-bond acceptors (Lipinski definition) is 4. The third-order valence-electron chi connectivity index (χ3n) is 2.46. The first-order valence-corrected chi connectivity index (χ1v) is 12.3. The van der Waals surface area contributed by atoms with Crippen molar-refractivity contribution in [3.63, 3.8) is 0 Å². The summed E-state index contributed by atoms with van der Waals surface area (Å²) >= 11 is 8.34. The molecule has 0 amide bonds. The second kappa shape index (κ2) is 8.94. The normalized spacial score (nSPS) is 20.2. The van der Waals surface area contributed by atoms with Crippen molar-refractivity contribution in [2.75, 3.05) is 25.2 Å². The molecule has 1 aliphatic heterocycles. The fraction of sp³-hybridized carbons (Fsp3) is 0.727. The molecule has 2 rings (SSSR count). The molecule has 2 heterocycles. The molecule has 102 valence electrons. The van der Waals surface area contributed by atoms with Crippen LogP contribution in [0.25, 0.3) is 0 Å². The molecule has 0 radical (unpaired) electrons. The molecule has 0 spiro atoms. The number of ether oxygens (including phenoxy) is 2. The molecular formula is C11H16O2S2Se3. The molecule has 0 saturated carbocycles. The molecule has 0 aliphatic carbocycles. The Hall–Kier alpha value is 1.79. The molecule has 1 aromatic rings. The fourth-order valence-electron chi connectivity index (χ4n) is 1.63. The van der Waals surface area contributed by atoms with Gasteiger partial charge in [-0.25, -0.2) is 0 Å². The summed E-state index contributed by atoms with van der Waals surface area (Å²) in [4.78, 5) is 0. The predicted molar refractivity (Wildman–Crippen MR) is 81.4 cm³/mol. The SMILES string of the molecule is CSc1[se]c(=[Se])[se]c1SCCOC1CCCCO1. The van der Waals surface area contributed by atoms with Gasteiger partial charge < -0.3 is 0 Å². The van der Waals surface area contributed by atoms with Crippen LogP contribution >= 0.6 is 23.5 Å². The summed E-state index contributed by atoms with van der Waals surface area (Å²) in [5.74, 6) is 1.06. The molecule has 1 aliphatic rings. The van der Waals surface area contributed by atoms with Crippen molar-refractivity contribution in [3.8, 4) is 0 Å². The van der Waals surface area contributed by atoms with Crippen LogP contribution in [0.4, 0.5) is 0 Å². The fourth-order valence-corrected chi connectivity index (χ4v) is 15.0.